The van der Waals surface area contributed by atoms with Gasteiger partial charge >= 0.3 is 0 Å². The summed E-state index contributed by atoms with van der Waals surface area (Å²) in [5, 5.41) is -0.355. The van der Waals surface area contributed by atoms with Gasteiger partial charge in [-0.3, -0.25) is 0 Å². The van der Waals surface area contributed by atoms with Gasteiger partial charge in [-0.05, 0) is 32.0 Å². The average Bonchev–Trinajstić information content (AvgIpc) is 2.38. The third kappa shape index (κ3) is 3.01. The highest BCUT2D eigenvalue weighted by atomic mass is 32.2. The second kappa shape index (κ2) is 5.38. The van der Waals surface area contributed by atoms with Crippen molar-refractivity contribution in [1.29, 1.82) is 0 Å². The topological polar surface area (TPSA) is 66.6 Å². The third-order valence-corrected chi connectivity index (χ3v) is 5.71. The summed E-state index contributed by atoms with van der Waals surface area (Å²) in [5.74, 6) is 0. The number of nitrogens with zero attached hydrogens (tertiary/aromatic N) is 2. The van der Waals surface area contributed by atoms with Gasteiger partial charge in [0.15, 0.2) is 0 Å². The zero-order chi connectivity index (χ0) is 14.0. The molecule has 0 amide bonds. The summed E-state index contributed by atoms with van der Waals surface area (Å²) < 4.78 is 25.7. The maximum Gasteiger partial charge on any atom is 0.216 e. The van der Waals surface area contributed by atoms with Crippen LogP contribution < -0.4 is 10.6 Å². The molecule has 106 valence electrons. The minimum atomic E-state index is -3.13. The molecule has 19 heavy (non-hydrogen) atoms. The molecule has 1 heterocycles. The van der Waals surface area contributed by atoms with E-state index < -0.39 is 10.0 Å². The Bertz CT molecular complexity index is 535. The molecule has 6 heteroatoms. The minimum absolute atomic E-state index is 0.355. The number of piperazine rings is 1. The number of benzene rings is 1. The van der Waals surface area contributed by atoms with Crippen molar-refractivity contribution >= 4 is 21.4 Å². The average molecular weight is 283 g/mol. The van der Waals surface area contributed by atoms with Crippen LogP contribution in [0.4, 0.5) is 11.4 Å². The molecule has 0 atom stereocenters. The normalized spacial score (nSPS) is 17.9. The molecule has 1 aliphatic heterocycles. The molecule has 1 aliphatic rings. The van der Waals surface area contributed by atoms with Crippen LogP contribution in [0, 0.1) is 0 Å². The molecular formula is C13H21N3O2S. The fourth-order valence-electron chi connectivity index (χ4n) is 2.22. The maximum atomic E-state index is 12.1. The highest BCUT2D eigenvalue weighted by molar-refractivity contribution is 7.89. The Hall–Kier alpha value is -1.27. The molecule has 0 unspecified atom stereocenters. The van der Waals surface area contributed by atoms with Crippen LogP contribution in [0.5, 0.6) is 0 Å². The van der Waals surface area contributed by atoms with Crippen molar-refractivity contribution in [2.24, 2.45) is 0 Å². The molecule has 2 rings (SSSR count). The number of anilines is 2. The molecule has 0 bridgehead atoms. The van der Waals surface area contributed by atoms with Gasteiger partial charge in [0.1, 0.15) is 0 Å². The van der Waals surface area contributed by atoms with Crippen molar-refractivity contribution in [3.63, 3.8) is 0 Å². The molecule has 0 aliphatic carbocycles. The molecular weight excluding hydrogens is 262 g/mol. The van der Waals surface area contributed by atoms with Crippen molar-refractivity contribution < 1.29 is 8.42 Å². The van der Waals surface area contributed by atoms with E-state index in [1.165, 1.54) is 0 Å². The summed E-state index contributed by atoms with van der Waals surface area (Å²) in [6.45, 7) is 5.93. The van der Waals surface area contributed by atoms with Crippen LogP contribution in [-0.2, 0) is 10.0 Å². The number of nitrogens with two attached hydrogens (primary N) is 1. The molecule has 0 aromatic heterocycles. The third-order valence-electron chi connectivity index (χ3n) is 3.43. The molecule has 1 aromatic carbocycles. The molecule has 1 fully saturated rings. The first-order valence-corrected chi connectivity index (χ1v) is 8.01. The quantitative estimate of drug-likeness (QED) is 0.845. The monoisotopic (exact) mass is 283 g/mol. The highest BCUT2D eigenvalue weighted by Gasteiger charge is 2.29. The Kier molecular flexibility index (Phi) is 4.01. The lowest BCUT2D eigenvalue weighted by Gasteiger charge is -2.36. The number of sulfonamides is 1. The fourth-order valence-corrected chi connectivity index (χ4v) is 3.49. The van der Waals surface area contributed by atoms with E-state index in [9.17, 15) is 8.42 Å². The zero-order valence-corrected chi connectivity index (χ0v) is 12.2. The van der Waals surface area contributed by atoms with Crippen molar-refractivity contribution in [3.8, 4) is 0 Å². The van der Waals surface area contributed by atoms with Gasteiger partial charge in [0, 0.05) is 37.6 Å². The van der Waals surface area contributed by atoms with E-state index in [2.05, 4.69) is 4.90 Å². The van der Waals surface area contributed by atoms with Crippen LogP contribution in [0.2, 0.25) is 0 Å². The van der Waals surface area contributed by atoms with E-state index in [1.807, 2.05) is 24.3 Å². The van der Waals surface area contributed by atoms with Crippen molar-refractivity contribution in [3.05, 3.63) is 24.3 Å². The predicted molar refractivity (Wildman–Crippen MR) is 78.7 cm³/mol. The Morgan fingerprint density at radius 3 is 2.32 bits per heavy atom. The fraction of sp³-hybridized carbons (Fsp3) is 0.538. The summed E-state index contributed by atoms with van der Waals surface area (Å²) in [6, 6.07) is 7.69. The Balaban J connectivity index is 2.04. The molecule has 0 spiro atoms. The summed E-state index contributed by atoms with van der Waals surface area (Å²) >= 11 is 0. The van der Waals surface area contributed by atoms with Gasteiger partial charge in [-0.2, -0.15) is 4.31 Å². The lowest BCUT2D eigenvalue weighted by atomic mass is 10.2. The van der Waals surface area contributed by atoms with Gasteiger partial charge < -0.3 is 10.6 Å². The van der Waals surface area contributed by atoms with Crippen LogP contribution in [0.15, 0.2) is 24.3 Å². The van der Waals surface area contributed by atoms with Crippen LogP contribution in [0.25, 0.3) is 0 Å². The summed E-state index contributed by atoms with van der Waals surface area (Å²) in [7, 11) is -3.13. The van der Waals surface area contributed by atoms with Gasteiger partial charge in [-0.15, -0.1) is 0 Å². The van der Waals surface area contributed by atoms with Gasteiger partial charge in [0.05, 0.1) is 5.25 Å². The second-order valence-corrected chi connectivity index (χ2v) is 7.56. The van der Waals surface area contributed by atoms with Gasteiger partial charge in [0.2, 0.25) is 10.0 Å². The number of hydrogen-bond acceptors (Lipinski definition) is 4. The van der Waals surface area contributed by atoms with E-state index in [0.29, 0.717) is 26.2 Å². The smallest absolute Gasteiger partial charge is 0.216 e. The number of hydrogen-bond donors (Lipinski definition) is 1. The summed E-state index contributed by atoms with van der Waals surface area (Å²) in [6.07, 6.45) is 0. The van der Waals surface area contributed by atoms with Gasteiger partial charge in [0.25, 0.3) is 0 Å². The highest BCUT2D eigenvalue weighted by Crippen LogP contribution is 2.20. The van der Waals surface area contributed by atoms with Crippen LogP contribution >= 0.6 is 0 Å². The number of rotatable bonds is 3. The van der Waals surface area contributed by atoms with Gasteiger partial charge in [-0.25, -0.2) is 8.42 Å². The molecule has 2 N–H and O–H groups in total. The van der Waals surface area contributed by atoms with E-state index in [-0.39, 0.29) is 5.25 Å². The van der Waals surface area contributed by atoms with Crippen molar-refractivity contribution in [2.45, 2.75) is 19.1 Å². The predicted octanol–water partition coefficient (Wildman–Crippen LogP) is 1.13. The Morgan fingerprint density at radius 1 is 1.16 bits per heavy atom. The Labute approximate surface area is 115 Å². The first-order valence-electron chi connectivity index (χ1n) is 6.50. The van der Waals surface area contributed by atoms with E-state index in [4.69, 9.17) is 5.73 Å². The molecule has 0 radical (unpaired) electrons. The standard InChI is InChI=1S/C13H21N3O2S/c1-11(2)19(17,18)16-8-6-15(7-9-16)13-5-3-4-12(14)10-13/h3-5,10-11H,6-9,14H2,1-2H3. The molecule has 0 saturated carbocycles. The second-order valence-electron chi connectivity index (χ2n) is 5.07. The first kappa shape index (κ1) is 14.1. The molecule has 1 saturated heterocycles. The van der Waals surface area contributed by atoms with Crippen molar-refractivity contribution in [1.82, 2.24) is 4.31 Å². The lowest BCUT2D eigenvalue weighted by Crippen LogP contribution is -2.50. The first-order chi connectivity index (χ1) is 8.91. The zero-order valence-electron chi connectivity index (χ0n) is 11.4. The largest absolute Gasteiger partial charge is 0.399 e. The SMILES string of the molecule is CC(C)S(=O)(=O)N1CCN(c2cccc(N)c2)CC1. The van der Waals surface area contributed by atoms with E-state index in [0.717, 1.165) is 11.4 Å². The van der Waals surface area contributed by atoms with E-state index in [1.54, 1.807) is 18.2 Å². The van der Waals surface area contributed by atoms with Gasteiger partial charge in [-0.1, -0.05) is 6.07 Å². The van der Waals surface area contributed by atoms with Crippen LogP contribution in [-0.4, -0.2) is 44.2 Å². The molecule has 1 aromatic rings. The Morgan fingerprint density at radius 2 is 1.79 bits per heavy atom. The maximum absolute atomic E-state index is 12.1. The van der Waals surface area contributed by atoms with Crippen LogP contribution in [0.3, 0.4) is 0 Å². The number of nitrogen functional groups attached to an aromatic ring is 1. The van der Waals surface area contributed by atoms with Crippen molar-refractivity contribution in [2.75, 3.05) is 36.8 Å². The summed E-state index contributed by atoms with van der Waals surface area (Å²) in [5.41, 5.74) is 7.56. The minimum Gasteiger partial charge on any atom is -0.399 e. The van der Waals surface area contributed by atoms with Crippen LogP contribution in [0.1, 0.15) is 13.8 Å². The summed E-state index contributed by atoms with van der Waals surface area (Å²) in [4.78, 5) is 2.17. The van der Waals surface area contributed by atoms with E-state index >= 15 is 0 Å². The molecule has 5 nitrogen and oxygen atoms in total. The lowest BCUT2D eigenvalue weighted by molar-refractivity contribution is 0.381.